The lowest BCUT2D eigenvalue weighted by atomic mass is 10.2. The maximum atomic E-state index is 5.94. The first-order valence-electron chi connectivity index (χ1n) is 6.91. The van der Waals surface area contributed by atoms with E-state index in [0.717, 1.165) is 36.4 Å². The van der Waals surface area contributed by atoms with Crippen LogP contribution in [0.4, 0.5) is 5.82 Å². The Morgan fingerprint density at radius 3 is 2.74 bits per heavy atom. The normalized spacial score (nSPS) is 10.9. The average Bonchev–Trinajstić information content (AvgIpc) is 2.43. The first kappa shape index (κ1) is 14.1. The lowest BCUT2D eigenvalue weighted by Crippen LogP contribution is -2.26. The summed E-state index contributed by atoms with van der Waals surface area (Å²) in [4.78, 5) is 11.3. The molecule has 0 aliphatic rings. The van der Waals surface area contributed by atoms with Crippen LogP contribution in [0.2, 0.25) is 5.02 Å². The molecule has 2 heterocycles. The van der Waals surface area contributed by atoms with Crippen LogP contribution < -0.4 is 4.90 Å². The van der Waals surface area contributed by atoms with Crippen LogP contribution >= 0.6 is 11.6 Å². The highest BCUT2D eigenvalue weighted by Gasteiger charge is 2.08. The molecule has 0 aromatic carbocycles. The Bertz CT molecular complexity index is 542. The fraction of sp³-hybridized carbons (Fsp3) is 0.467. The summed E-state index contributed by atoms with van der Waals surface area (Å²) in [6, 6.07) is 6.01. The summed E-state index contributed by atoms with van der Waals surface area (Å²) in [5, 5.41) is 1.64. The van der Waals surface area contributed by atoms with Gasteiger partial charge in [0.2, 0.25) is 0 Å². The van der Waals surface area contributed by atoms with Gasteiger partial charge in [-0.05, 0) is 31.0 Å². The fourth-order valence-corrected chi connectivity index (χ4v) is 2.28. The first-order valence-corrected chi connectivity index (χ1v) is 7.29. The van der Waals surface area contributed by atoms with Gasteiger partial charge in [0.05, 0.1) is 5.02 Å². The summed E-state index contributed by atoms with van der Waals surface area (Å²) < 4.78 is 0. The van der Waals surface area contributed by atoms with Crippen molar-refractivity contribution in [2.75, 3.05) is 18.0 Å². The maximum absolute atomic E-state index is 5.94. The highest BCUT2D eigenvalue weighted by molar-refractivity contribution is 6.31. The zero-order valence-corrected chi connectivity index (χ0v) is 12.3. The number of anilines is 1. The van der Waals surface area contributed by atoms with Crippen molar-refractivity contribution in [1.29, 1.82) is 0 Å². The summed E-state index contributed by atoms with van der Waals surface area (Å²) in [5.41, 5.74) is 0.763. The number of pyridine rings is 2. The van der Waals surface area contributed by atoms with E-state index in [4.69, 9.17) is 11.6 Å². The van der Waals surface area contributed by atoms with E-state index in [2.05, 4.69) is 34.8 Å². The Balaban J connectivity index is 2.29. The largest absolute Gasteiger partial charge is 0.357 e. The number of nitrogens with zero attached hydrogens (tertiary/aromatic N) is 3. The molecule has 102 valence electrons. The Morgan fingerprint density at radius 1 is 1.16 bits per heavy atom. The molecule has 19 heavy (non-hydrogen) atoms. The van der Waals surface area contributed by atoms with Gasteiger partial charge in [0.1, 0.15) is 5.82 Å². The number of hydrogen-bond donors (Lipinski definition) is 0. The first-order chi connectivity index (χ1) is 9.24. The van der Waals surface area contributed by atoms with Crippen molar-refractivity contribution in [3.63, 3.8) is 0 Å². The van der Waals surface area contributed by atoms with E-state index < -0.39 is 0 Å². The molecule has 2 aromatic rings. The van der Waals surface area contributed by atoms with Gasteiger partial charge in [-0.3, -0.25) is 0 Å². The van der Waals surface area contributed by atoms with Gasteiger partial charge in [-0.1, -0.05) is 31.9 Å². The van der Waals surface area contributed by atoms with E-state index in [9.17, 15) is 0 Å². The van der Waals surface area contributed by atoms with Gasteiger partial charge in [-0.25, -0.2) is 9.97 Å². The van der Waals surface area contributed by atoms with Gasteiger partial charge in [-0.2, -0.15) is 0 Å². The summed E-state index contributed by atoms with van der Waals surface area (Å²) in [5.74, 6) is 1.01. The van der Waals surface area contributed by atoms with Crippen LogP contribution in [0.5, 0.6) is 0 Å². The zero-order valence-electron chi connectivity index (χ0n) is 11.6. The molecule has 0 N–H and O–H groups in total. The molecule has 0 saturated carbocycles. The molecular formula is C15H20ClN3. The van der Waals surface area contributed by atoms with E-state index in [1.807, 2.05) is 12.1 Å². The minimum atomic E-state index is 0.651. The summed E-state index contributed by atoms with van der Waals surface area (Å²) in [6.45, 7) is 6.49. The van der Waals surface area contributed by atoms with E-state index in [0.29, 0.717) is 5.02 Å². The molecular weight excluding hydrogens is 258 g/mol. The molecule has 0 aliphatic carbocycles. The summed E-state index contributed by atoms with van der Waals surface area (Å²) in [7, 11) is 0. The Kier molecular flexibility index (Phi) is 4.97. The van der Waals surface area contributed by atoms with Crippen LogP contribution in [0, 0.1) is 0 Å². The zero-order chi connectivity index (χ0) is 13.7. The van der Waals surface area contributed by atoms with Gasteiger partial charge in [0, 0.05) is 24.7 Å². The third-order valence-corrected chi connectivity index (χ3v) is 3.30. The molecule has 0 spiro atoms. The number of rotatable bonds is 6. The maximum Gasteiger partial charge on any atom is 0.161 e. The molecule has 3 nitrogen and oxygen atoms in total. The Labute approximate surface area is 119 Å². The van der Waals surface area contributed by atoms with Crippen LogP contribution in [-0.4, -0.2) is 23.1 Å². The quantitative estimate of drug-likeness (QED) is 0.788. The number of unbranched alkanes of at least 4 members (excludes halogenated alkanes) is 1. The van der Waals surface area contributed by atoms with Crippen molar-refractivity contribution in [1.82, 2.24) is 9.97 Å². The van der Waals surface area contributed by atoms with Gasteiger partial charge in [0.25, 0.3) is 0 Å². The number of aromatic nitrogens is 2. The number of halogens is 1. The van der Waals surface area contributed by atoms with Crippen LogP contribution in [0.25, 0.3) is 11.0 Å². The lowest BCUT2D eigenvalue weighted by molar-refractivity contribution is 0.697. The second-order valence-electron chi connectivity index (χ2n) is 4.71. The second-order valence-corrected chi connectivity index (χ2v) is 5.15. The van der Waals surface area contributed by atoms with E-state index >= 15 is 0 Å². The molecule has 4 heteroatoms. The minimum Gasteiger partial charge on any atom is -0.357 e. The van der Waals surface area contributed by atoms with Crippen molar-refractivity contribution in [2.24, 2.45) is 0 Å². The molecule has 0 aliphatic heterocycles. The Morgan fingerprint density at radius 2 is 2.00 bits per heavy atom. The van der Waals surface area contributed by atoms with E-state index in [-0.39, 0.29) is 0 Å². The van der Waals surface area contributed by atoms with Crippen molar-refractivity contribution in [2.45, 2.75) is 33.1 Å². The number of fused-ring (bicyclic) bond motifs is 1. The predicted octanol–water partition coefficient (Wildman–Crippen LogP) is 4.30. The molecule has 0 unspecified atom stereocenters. The lowest BCUT2D eigenvalue weighted by Gasteiger charge is -2.23. The average molecular weight is 278 g/mol. The third-order valence-electron chi connectivity index (χ3n) is 3.09. The molecule has 0 amide bonds. The smallest absolute Gasteiger partial charge is 0.161 e. The Hall–Kier alpha value is -1.35. The molecule has 2 rings (SSSR count). The van der Waals surface area contributed by atoms with Crippen molar-refractivity contribution in [3.05, 3.63) is 29.4 Å². The molecule has 0 fully saturated rings. The molecule has 0 saturated heterocycles. The van der Waals surface area contributed by atoms with Crippen molar-refractivity contribution in [3.8, 4) is 0 Å². The van der Waals surface area contributed by atoms with Gasteiger partial charge in [-0.15, -0.1) is 0 Å². The van der Waals surface area contributed by atoms with Crippen LogP contribution in [0.15, 0.2) is 24.4 Å². The van der Waals surface area contributed by atoms with Crippen LogP contribution in [-0.2, 0) is 0 Å². The summed E-state index contributed by atoms with van der Waals surface area (Å²) >= 11 is 5.94. The highest BCUT2D eigenvalue weighted by atomic mass is 35.5. The fourth-order valence-electron chi connectivity index (χ4n) is 2.11. The molecule has 0 atom stereocenters. The third kappa shape index (κ3) is 3.57. The topological polar surface area (TPSA) is 29.0 Å². The molecule has 0 radical (unpaired) electrons. The second kappa shape index (κ2) is 6.71. The van der Waals surface area contributed by atoms with Gasteiger partial charge < -0.3 is 4.90 Å². The SMILES string of the molecule is CCCCN(CCC)c1ccc2cc(Cl)cnc2n1. The standard InChI is InChI=1S/C15H20ClN3/c1-3-5-9-19(8-4-2)14-7-6-12-10-13(16)11-17-15(12)18-14/h6-7,10-11H,3-5,8-9H2,1-2H3. The summed E-state index contributed by atoms with van der Waals surface area (Å²) in [6.07, 6.45) is 5.16. The monoisotopic (exact) mass is 277 g/mol. The molecule has 2 aromatic heterocycles. The van der Waals surface area contributed by atoms with E-state index in [1.54, 1.807) is 6.20 Å². The van der Waals surface area contributed by atoms with Crippen molar-refractivity contribution < 1.29 is 0 Å². The van der Waals surface area contributed by atoms with Gasteiger partial charge in [0.15, 0.2) is 5.65 Å². The minimum absolute atomic E-state index is 0.651. The highest BCUT2D eigenvalue weighted by Crippen LogP contribution is 2.20. The van der Waals surface area contributed by atoms with Crippen LogP contribution in [0.1, 0.15) is 33.1 Å². The van der Waals surface area contributed by atoms with Gasteiger partial charge >= 0.3 is 0 Å². The number of hydrogen-bond acceptors (Lipinski definition) is 3. The predicted molar refractivity (Wildman–Crippen MR) is 82.0 cm³/mol. The molecule has 0 bridgehead atoms. The van der Waals surface area contributed by atoms with E-state index in [1.165, 1.54) is 12.8 Å². The van der Waals surface area contributed by atoms with Crippen LogP contribution in [0.3, 0.4) is 0 Å². The van der Waals surface area contributed by atoms with Crippen molar-refractivity contribution >= 4 is 28.5 Å².